The summed E-state index contributed by atoms with van der Waals surface area (Å²) >= 11 is 0. The normalized spacial score (nSPS) is 13.3. The van der Waals surface area contributed by atoms with Gasteiger partial charge in [-0.3, -0.25) is 14.4 Å². The molecule has 1 unspecified atom stereocenters. The van der Waals surface area contributed by atoms with Crippen LogP contribution in [0.15, 0.2) is 60.3 Å². The molecule has 0 aliphatic rings. The Morgan fingerprint density at radius 3 is 2.26 bits per heavy atom. The second-order valence-corrected chi connectivity index (χ2v) is 8.63. The first-order valence-electron chi connectivity index (χ1n) is 12.7. The first kappa shape index (κ1) is 32.1. The number of hydrogen-bond donors (Lipinski definition) is 2. The summed E-state index contributed by atoms with van der Waals surface area (Å²) < 4.78 is 5.23. The largest absolute Gasteiger partial charge is 0.481 e. The molecule has 0 spiro atoms. The zero-order valence-electron chi connectivity index (χ0n) is 21.8. The van der Waals surface area contributed by atoms with Crippen molar-refractivity contribution in [2.45, 2.75) is 85.0 Å². The summed E-state index contributed by atoms with van der Waals surface area (Å²) in [6.07, 6.45) is 26.5. The number of amides is 1. The highest BCUT2D eigenvalue weighted by molar-refractivity contribution is 5.77. The smallest absolute Gasteiger partial charge is 0.305 e. The fourth-order valence-corrected chi connectivity index (χ4v) is 2.97. The highest BCUT2D eigenvalue weighted by Crippen LogP contribution is 2.07. The van der Waals surface area contributed by atoms with E-state index in [4.69, 9.17) is 9.84 Å². The van der Waals surface area contributed by atoms with E-state index in [9.17, 15) is 14.4 Å². The van der Waals surface area contributed by atoms with Gasteiger partial charge in [0.2, 0.25) is 5.91 Å². The number of esters is 1. The van der Waals surface area contributed by atoms with Crippen molar-refractivity contribution >= 4 is 17.8 Å². The number of ether oxygens (including phenoxy) is 1. The zero-order chi connectivity index (χ0) is 26.2. The highest BCUT2D eigenvalue weighted by Gasteiger charge is 2.12. The Morgan fingerprint density at radius 2 is 1.57 bits per heavy atom. The summed E-state index contributed by atoms with van der Waals surface area (Å²) in [5.41, 5.74) is 1.34. The van der Waals surface area contributed by atoms with Crippen molar-refractivity contribution in [3.05, 3.63) is 60.3 Å². The van der Waals surface area contributed by atoms with Crippen molar-refractivity contribution in [3.8, 4) is 0 Å². The van der Waals surface area contributed by atoms with Gasteiger partial charge in [0, 0.05) is 19.4 Å². The van der Waals surface area contributed by atoms with Crippen molar-refractivity contribution in [1.82, 2.24) is 5.32 Å². The Morgan fingerprint density at radius 1 is 0.914 bits per heavy atom. The molecular weight excluding hydrogens is 442 g/mol. The molecule has 196 valence electrons. The lowest BCUT2D eigenvalue weighted by atomic mass is 10.1. The van der Waals surface area contributed by atoms with Crippen LogP contribution in [0.2, 0.25) is 0 Å². The standard InChI is InChI=1S/C29H45NO5/c1-4-5-6-7-8-9-10-12-15-18-25(2)19-16-13-11-14-17-20-29(34)35-24-26(3)23-27(31)30-22-21-28(32)33/h5-6,8-9,11-13,15,19,26H,4,7,10,14,16-18,20-24H2,1-3H3,(H,30,31)(H,32,33)/b6-5-,9-8-,13-11-,15-12-,25-19-. The predicted molar refractivity (Wildman–Crippen MR) is 143 cm³/mol. The average Bonchev–Trinajstić information content (AvgIpc) is 2.80. The van der Waals surface area contributed by atoms with Crippen molar-refractivity contribution in [3.63, 3.8) is 0 Å². The summed E-state index contributed by atoms with van der Waals surface area (Å²) in [5.74, 6) is -1.56. The van der Waals surface area contributed by atoms with Crippen LogP contribution in [0.3, 0.4) is 0 Å². The second-order valence-electron chi connectivity index (χ2n) is 8.63. The fraction of sp³-hybridized carbons (Fsp3) is 0.552. The van der Waals surface area contributed by atoms with Gasteiger partial charge in [0.15, 0.2) is 0 Å². The first-order valence-corrected chi connectivity index (χ1v) is 12.7. The van der Waals surface area contributed by atoms with Gasteiger partial charge in [-0.2, -0.15) is 0 Å². The maximum absolute atomic E-state index is 11.8. The Labute approximate surface area is 211 Å². The summed E-state index contributed by atoms with van der Waals surface area (Å²) in [6, 6.07) is 0. The molecule has 2 N–H and O–H groups in total. The van der Waals surface area contributed by atoms with Crippen LogP contribution in [-0.2, 0) is 19.1 Å². The van der Waals surface area contributed by atoms with Gasteiger partial charge in [0.25, 0.3) is 0 Å². The molecule has 0 heterocycles. The van der Waals surface area contributed by atoms with Gasteiger partial charge in [0.05, 0.1) is 13.0 Å². The van der Waals surface area contributed by atoms with E-state index in [1.165, 1.54) is 5.57 Å². The molecule has 0 saturated carbocycles. The Bertz CT molecular complexity index is 746. The molecule has 0 aromatic heterocycles. The van der Waals surface area contributed by atoms with Gasteiger partial charge in [-0.15, -0.1) is 0 Å². The molecule has 0 bridgehead atoms. The topological polar surface area (TPSA) is 92.7 Å². The van der Waals surface area contributed by atoms with Crippen LogP contribution >= 0.6 is 0 Å². The van der Waals surface area contributed by atoms with E-state index in [1.807, 2.05) is 6.92 Å². The van der Waals surface area contributed by atoms with Crippen LogP contribution in [0.25, 0.3) is 0 Å². The lowest BCUT2D eigenvalue weighted by molar-refractivity contribution is -0.145. The SMILES string of the molecule is CC/C=C\C/C=C\C/C=C\C/C(C)=C\C/C=C\CCCC(=O)OCC(C)CC(=O)NCCC(=O)O. The third kappa shape index (κ3) is 24.0. The fourth-order valence-electron chi connectivity index (χ4n) is 2.97. The molecule has 0 aliphatic carbocycles. The van der Waals surface area contributed by atoms with Gasteiger partial charge in [0.1, 0.15) is 0 Å². The summed E-state index contributed by atoms with van der Waals surface area (Å²) in [7, 11) is 0. The van der Waals surface area contributed by atoms with Crippen LogP contribution in [0.5, 0.6) is 0 Å². The zero-order valence-corrected chi connectivity index (χ0v) is 21.8. The summed E-state index contributed by atoms with van der Waals surface area (Å²) in [6.45, 7) is 6.39. The van der Waals surface area contributed by atoms with Crippen molar-refractivity contribution in [1.29, 1.82) is 0 Å². The van der Waals surface area contributed by atoms with Crippen LogP contribution in [0.4, 0.5) is 0 Å². The Hall–Kier alpha value is -2.89. The molecule has 0 aromatic rings. The molecule has 0 saturated heterocycles. The van der Waals surface area contributed by atoms with Crippen LogP contribution < -0.4 is 5.32 Å². The molecule has 35 heavy (non-hydrogen) atoms. The number of nitrogens with one attached hydrogen (secondary N) is 1. The number of unbranched alkanes of at least 4 members (excludes halogenated alkanes) is 1. The van der Waals surface area contributed by atoms with Crippen LogP contribution in [0, 0.1) is 5.92 Å². The molecule has 1 amide bonds. The lowest BCUT2D eigenvalue weighted by Gasteiger charge is -2.12. The second kappa shape index (κ2) is 22.9. The number of carbonyl (C=O) groups excluding carboxylic acids is 2. The Balaban J connectivity index is 3.81. The van der Waals surface area contributed by atoms with Crippen LogP contribution in [-0.4, -0.2) is 36.1 Å². The number of hydrogen-bond acceptors (Lipinski definition) is 4. The van der Waals surface area contributed by atoms with Gasteiger partial charge in [-0.1, -0.05) is 74.1 Å². The highest BCUT2D eigenvalue weighted by atomic mass is 16.5. The maximum atomic E-state index is 11.8. The molecule has 0 rings (SSSR count). The average molecular weight is 488 g/mol. The van der Waals surface area contributed by atoms with Crippen molar-refractivity contribution in [2.75, 3.05) is 13.2 Å². The van der Waals surface area contributed by atoms with E-state index in [2.05, 4.69) is 73.8 Å². The van der Waals surface area contributed by atoms with Gasteiger partial charge in [-0.05, 0) is 57.8 Å². The van der Waals surface area contributed by atoms with Gasteiger partial charge < -0.3 is 15.2 Å². The minimum atomic E-state index is -0.952. The van der Waals surface area contributed by atoms with E-state index in [0.29, 0.717) is 6.42 Å². The minimum absolute atomic E-state index is 0.105. The van der Waals surface area contributed by atoms with E-state index >= 15 is 0 Å². The molecule has 6 heteroatoms. The number of carboxylic acid groups (broad SMARTS) is 1. The minimum Gasteiger partial charge on any atom is -0.481 e. The molecular formula is C29H45NO5. The molecule has 1 atom stereocenters. The quantitative estimate of drug-likeness (QED) is 0.117. The van der Waals surface area contributed by atoms with Gasteiger partial charge >= 0.3 is 11.9 Å². The molecule has 0 fully saturated rings. The van der Waals surface area contributed by atoms with Gasteiger partial charge in [-0.25, -0.2) is 0 Å². The van der Waals surface area contributed by atoms with E-state index in [0.717, 1.165) is 44.9 Å². The lowest BCUT2D eigenvalue weighted by Crippen LogP contribution is -2.28. The maximum Gasteiger partial charge on any atom is 0.305 e. The number of rotatable bonds is 20. The third-order valence-electron chi connectivity index (χ3n) is 4.96. The Kier molecular flexibility index (Phi) is 21.0. The number of aliphatic carboxylic acids is 1. The van der Waals surface area contributed by atoms with Crippen LogP contribution in [0.1, 0.15) is 85.0 Å². The predicted octanol–water partition coefficient (Wildman–Crippen LogP) is 6.46. The van der Waals surface area contributed by atoms with E-state index in [1.54, 1.807) is 0 Å². The molecule has 0 aromatic carbocycles. The summed E-state index contributed by atoms with van der Waals surface area (Å²) in [5, 5.41) is 11.1. The third-order valence-corrected chi connectivity index (χ3v) is 4.96. The summed E-state index contributed by atoms with van der Waals surface area (Å²) in [4.78, 5) is 34.0. The number of allylic oxidation sites excluding steroid dienone is 10. The van der Waals surface area contributed by atoms with E-state index < -0.39 is 5.97 Å². The number of carboxylic acids is 1. The van der Waals surface area contributed by atoms with E-state index in [-0.39, 0.29) is 43.8 Å². The van der Waals surface area contributed by atoms with Crippen molar-refractivity contribution in [2.24, 2.45) is 5.92 Å². The number of carbonyl (C=O) groups is 3. The molecule has 6 nitrogen and oxygen atoms in total. The molecule has 0 aliphatic heterocycles. The van der Waals surface area contributed by atoms with Crippen molar-refractivity contribution < 1.29 is 24.2 Å². The monoisotopic (exact) mass is 487 g/mol. The first-order chi connectivity index (χ1) is 16.8. The molecule has 0 radical (unpaired) electrons.